The van der Waals surface area contributed by atoms with Crippen molar-refractivity contribution in [3.63, 3.8) is 0 Å². The predicted octanol–water partition coefficient (Wildman–Crippen LogP) is 8.92. The van der Waals surface area contributed by atoms with Gasteiger partial charge in [0.25, 0.3) is 6.47 Å². The van der Waals surface area contributed by atoms with Crippen molar-refractivity contribution < 1.29 is 9.53 Å². The Morgan fingerprint density at radius 1 is 1.17 bits per heavy atom. The topological polar surface area (TPSA) is 63.2 Å². The van der Waals surface area contributed by atoms with Gasteiger partial charge >= 0.3 is 0 Å². The van der Waals surface area contributed by atoms with Crippen molar-refractivity contribution >= 4 is 74.1 Å². The van der Waals surface area contributed by atoms with E-state index in [4.69, 9.17) is 11.6 Å². The maximum Gasteiger partial charge on any atom is 0.293 e. The van der Waals surface area contributed by atoms with E-state index in [9.17, 15) is 4.79 Å². The molecule has 196 valence electrons. The molecule has 0 spiro atoms. The van der Waals surface area contributed by atoms with Crippen LogP contribution < -0.4 is 10.0 Å². The van der Waals surface area contributed by atoms with Crippen LogP contribution in [0.2, 0.25) is 5.02 Å². The van der Waals surface area contributed by atoms with Gasteiger partial charge in [0, 0.05) is 21.1 Å². The molecule has 0 saturated heterocycles. The van der Waals surface area contributed by atoms with E-state index in [1.54, 1.807) is 11.3 Å². The molecule has 1 atom stereocenters. The highest BCUT2D eigenvalue weighted by molar-refractivity contribution is 9.10. The van der Waals surface area contributed by atoms with E-state index in [2.05, 4.69) is 81.4 Å². The van der Waals surface area contributed by atoms with Gasteiger partial charge in [-0.05, 0) is 72.3 Å². The predicted molar refractivity (Wildman–Crippen MR) is 161 cm³/mol. The highest BCUT2D eigenvalue weighted by atomic mass is 79.9. The van der Waals surface area contributed by atoms with Gasteiger partial charge in [0.1, 0.15) is 11.4 Å². The van der Waals surface area contributed by atoms with Crippen molar-refractivity contribution in [1.82, 2.24) is 9.71 Å². The molecule has 3 rings (SSSR count). The Kier molecular flexibility index (Phi) is 16.5. The van der Waals surface area contributed by atoms with Crippen LogP contribution in [0.1, 0.15) is 72.0 Å². The number of anilines is 1. The molecule has 0 fully saturated rings. The first-order chi connectivity index (χ1) is 16.4. The fourth-order valence-electron chi connectivity index (χ4n) is 2.39. The van der Waals surface area contributed by atoms with Crippen molar-refractivity contribution in [2.45, 2.75) is 67.0 Å². The number of halogens is 2. The summed E-state index contributed by atoms with van der Waals surface area (Å²) in [6, 6.07) is 11.8. The largest absolute Gasteiger partial charge is 0.462 e. The van der Waals surface area contributed by atoms with Crippen LogP contribution in [0.5, 0.6) is 0 Å². The summed E-state index contributed by atoms with van der Waals surface area (Å²) in [5.41, 5.74) is 0.438. The first-order valence-corrected chi connectivity index (χ1v) is 13.9. The lowest BCUT2D eigenvalue weighted by molar-refractivity contribution is -0.138. The van der Waals surface area contributed by atoms with Crippen LogP contribution in [0.15, 0.2) is 40.9 Å². The van der Waals surface area contributed by atoms with E-state index >= 15 is 0 Å². The molecule has 3 aromatic rings. The van der Waals surface area contributed by atoms with Gasteiger partial charge in [-0.2, -0.15) is 0 Å². The van der Waals surface area contributed by atoms with Crippen LogP contribution in [0.3, 0.4) is 0 Å². The van der Waals surface area contributed by atoms with Crippen LogP contribution in [0.25, 0.3) is 10.1 Å². The molecule has 9 heteroatoms. The second kappa shape index (κ2) is 17.2. The molecular formula is C26H39BrClN3O2S2. The van der Waals surface area contributed by atoms with Crippen molar-refractivity contribution in [3.8, 4) is 0 Å². The highest BCUT2D eigenvalue weighted by Crippen LogP contribution is 2.38. The smallest absolute Gasteiger partial charge is 0.293 e. The third kappa shape index (κ3) is 12.5. The van der Waals surface area contributed by atoms with Crippen molar-refractivity contribution in [1.29, 1.82) is 0 Å². The molecule has 0 radical (unpaired) electrons. The zero-order valence-corrected chi connectivity index (χ0v) is 26.1. The maximum absolute atomic E-state index is 9.60. The maximum atomic E-state index is 9.60. The molecule has 1 unspecified atom stereocenters. The van der Waals surface area contributed by atoms with Gasteiger partial charge in [-0.15, -0.1) is 11.3 Å². The SMILES string of the molecule is CC.CC(C)(C)OC=O.CC(C)C.CNc1ccc(Cl)c(C(NS)c2cc3cccc(Br)c3s2)n1. The lowest BCUT2D eigenvalue weighted by Crippen LogP contribution is -2.17. The number of nitrogens with zero attached hydrogens (tertiary/aromatic N) is 1. The fourth-order valence-corrected chi connectivity index (χ4v) is 4.70. The van der Waals surface area contributed by atoms with Gasteiger partial charge in [-0.1, -0.05) is 71.2 Å². The molecule has 0 aliphatic rings. The van der Waals surface area contributed by atoms with Crippen LogP contribution in [-0.2, 0) is 9.53 Å². The standard InChI is InChI=1S/C15H13BrClN3S2.C5H10O2.C4H10.C2H6/c1-18-12-6-5-10(17)13(19-12)14(20-21)11-7-8-3-2-4-9(16)15(8)22-11;1-5(2,3)7-4-6;1-4(2)3;1-2/h2-7,14,20-21H,1H3,(H,18,19);4H,1-3H3;4H,1-3H3;1-2H3. The van der Waals surface area contributed by atoms with Gasteiger partial charge in [0.2, 0.25) is 0 Å². The normalized spacial score (nSPS) is 11.2. The molecule has 5 nitrogen and oxygen atoms in total. The summed E-state index contributed by atoms with van der Waals surface area (Å²) in [5, 5.41) is 4.83. The van der Waals surface area contributed by atoms with Crippen LogP contribution >= 0.6 is 51.7 Å². The summed E-state index contributed by atoms with van der Waals surface area (Å²) in [7, 11) is 1.83. The number of carbonyl (C=O) groups is 1. The molecule has 2 heterocycles. The molecule has 0 aliphatic carbocycles. The molecule has 0 amide bonds. The van der Waals surface area contributed by atoms with E-state index in [-0.39, 0.29) is 11.6 Å². The summed E-state index contributed by atoms with van der Waals surface area (Å²) in [6.45, 7) is 16.4. The Balaban J connectivity index is 0.000000744. The zero-order valence-electron chi connectivity index (χ0n) is 22.1. The number of ether oxygens (including phenoxy) is 1. The molecule has 35 heavy (non-hydrogen) atoms. The number of carbonyl (C=O) groups excluding carboxylic acids is 1. The van der Waals surface area contributed by atoms with Crippen molar-refractivity contribution in [3.05, 3.63) is 56.5 Å². The van der Waals surface area contributed by atoms with E-state index in [1.165, 1.54) is 10.1 Å². The third-order valence-corrected chi connectivity index (χ3v) is 6.48. The minimum Gasteiger partial charge on any atom is -0.462 e. The number of pyridine rings is 1. The second-order valence-electron chi connectivity index (χ2n) is 8.74. The summed E-state index contributed by atoms with van der Waals surface area (Å²) < 4.78 is 9.86. The quantitative estimate of drug-likeness (QED) is 0.200. The average Bonchev–Trinajstić information content (AvgIpc) is 3.21. The zero-order chi connectivity index (χ0) is 27.2. The van der Waals surface area contributed by atoms with Gasteiger partial charge < -0.3 is 10.1 Å². The summed E-state index contributed by atoms with van der Waals surface area (Å²) in [4.78, 5) is 15.3. The number of benzene rings is 1. The molecule has 0 aliphatic heterocycles. The van der Waals surface area contributed by atoms with E-state index < -0.39 is 0 Å². The minimum atomic E-state index is -0.318. The number of rotatable bonds is 5. The van der Waals surface area contributed by atoms with E-state index in [0.29, 0.717) is 11.5 Å². The number of hydrogen-bond donors (Lipinski definition) is 3. The summed E-state index contributed by atoms with van der Waals surface area (Å²) in [6.07, 6.45) is 0. The highest BCUT2D eigenvalue weighted by Gasteiger charge is 2.21. The molecule has 1 aromatic carbocycles. The van der Waals surface area contributed by atoms with Gasteiger partial charge in [0.05, 0.1) is 16.8 Å². The number of thiol groups is 1. The monoisotopic (exact) mass is 603 g/mol. The van der Waals surface area contributed by atoms with Gasteiger partial charge in [-0.25, -0.2) is 4.98 Å². The molecule has 0 saturated carbocycles. The minimum absolute atomic E-state index is 0.173. The number of thiophene rings is 1. The lowest BCUT2D eigenvalue weighted by Gasteiger charge is -2.15. The summed E-state index contributed by atoms with van der Waals surface area (Å²) in [5.74, 6) is 1.61. The Hall–Kier alpha value is -1.32. The van der Waals surface area contributed by atoms with Gasteiger partial charge in [-0.3, -0.25) is 9.52 Å². The first kappa shape index (κ1) is 33.7. The van der Waals surface area contributed by atoms with E-state index in [1.807, 2.05) is 65.9 Å². The Morgan fingerprint density at radius 3 is 2.20 bits per heavy atom. The third-order valence-electron chi connectivity index (χ3n) is 3.73. The number of fused-ring (bicyclic) bond motifs is 1. The molecule has 2 aromatic heterocycles. The fraction of sp³-hybridized carbons (Fsp3) is 0.462. The Bertz CT molecular complexity index is 1020. The summed E-state index contributed by atoms with van der Waals surface area (Å²) >= 11 is 15.9. The van der Waals surface area contributed by atoms with Crippen LogP contribution in [-0.4, -0.2) is 24.1 Å². The average molecular weight is 605 g/mol. The van der Waals surface area contributed by atoms with Crippen LogP contribution in [0.4, 0.5) is 5.82 Å². The second-order valence-corrected chi connectivity index (χ2v) is 11.3. The lowest BCUT2D eigenvalue weighted by atomic mass is 10.1. The number of aromatic nitrogens is 1. The van der Waals surface area contributed by atoms with Gasteiger partial charge in [0.15, 0.2) is 0 Å². The van der Waals surface area contributed by atoms with Crippen LogP contribution in [0, 0.1) is 5.92 Å². The molecule has 2 N–H and O–H groups in total. The molecular weight excluding hydrogens is 566 g/mol. The Morgan fingerprint density at radius 2 is 1.77 bits per heavy atom. The number of hydrogen-bond acceptors (Lipinski definition) is 7. The van der Waals surface area contributed by atoms with Crippen molar-refractivity contribution in [2.75, 3.05) is 12.4 Å². The number of nitrogens with one attached hydrogen (secondary N) is 2. The Labute approximate surface area is 234 Å². The van der Waals surface area contributed by atoms with E-state index in [0.717, 1.165) is 26.8 Å². The first-order valence-electron chi connectivity index (χ1n) is 11.5. The van der Waals surface area contributed by atoms with Crippen molar-refractivity contribution in [2.24, 2.45) is 5.92 Å². The molecule has 0 bridgehead atoms.